The zero-order valence-corrected chi connectivity index (χ0v) is 16.0. The zero-order chi connectivity index (χ0) is 17.6. The third-order valence-electron chi connectivity index (χ3n) is 4.91. The van der Waals surface area contributed by atoms with Crippen LogP contribution in [0.4, 0.5) is 0 Å². The van der Waals surface area contributed by atoms with Crippen LogP contribution in [0.5, 0.6) is 0 Å². The number of hydrogen-bond acceptors (Lipinski definition) is 3. The number of imidazole rings is 1. The summed E-state index contributed by atoms with van der Waals surface area (Å²) >= 11 is 1.53. The van der Waals surface area contributed by atoms with Crippen molar-refractivity contribution in [1.82, 2.24) is 14.5 Å². The maximum atomic E-state index is 12.6. The predicted molar refractivity (Wildman–Crippen MR) is 103 cm³/mol. The average molecular weight is 358 g/mol. The van der Waals surface area contributed by atoms with E-state index in [1.165, 1.54) is 42.2 Å². The number of carbonyl (C=O) groups excluding carboxylic acids is 1. The Labute approximate surface area is 154 Å². The lowest BCUT2D eigenvalue weighted by Crippen LogP contribution is -2.35. The highest BCUT2D eigenvalue weighted by atomic mass is 32.2. The fraction of sp³-hybridized carbons (Fsp3) is 0.500. The van der Waals surface area contributed by atoms with Crippen molar-refractivity contribution in [3.8, 4) is 5.69 Å². The van der Waals surface area contributed by atoms with Gasteiger partial charge in [-0.05, 0) is 49.9 Å². The zero-order valence-electron chi connectivity index (χ0n) is 15.2. The SMILES string of the molecule is Cc1ccc(-n2ccnc2SCC(=O)N2CCCCCCC2)cc1C. The van der Waals surface area contributed by atoms with E-state index in [0.717, 1.165) is 36.8 Å². The summed E-state index contributed by atoms with van der Waals surface area (Å²) in [7, 11) is 0. The molecule has 3 rings (SSSR count). The van der Waals surface area contributed by atoms with E-state index in [1.54, 1.807) is 6.20 Å². The molecule has 0 bridgehead atoms. The van der Waals surface area contributed by atoms with Crippen molar-refractivity contribution in [3.63, 3.8) is 0 Å². The van der Waals surface area contributed by atoms with Crippen molar-refractivity contribution in [2.45, 2.75) is 51.1 Å². The van der Waals surface area contributed by atoms with Crippen LogP contribution in [0.1, 0.15) is 43.2 Å². The van der Waals surface area contributed by atoms with Gasteiger partial charge in [-0.25, -0.2) is 4.98 Å². The minimum absolute atomic E-state index is 0.238. The fourth-order valence-electron chi connectivity index (χ4n) is 3.18. The average Bonchev–Trinajstić information content (AvgIpc) is 3.03. The van der Waals surface area contributed by atoms with E-state index in [-0.39, 0.29) is 5.91 Å². The van der Waals surface area contributed by atoms with E-state index in [1.807, 2.05) is 11.1 Å². The summed E-state index contributed by atoms with van der Waals surface area (Å²) in [5.74, 6) is 0.698. The fourth-order valence-corrected chi connectivity index (χ4v) is 4.06. The highest BCUT2D eigenvalue weighted by Gasteiger charge is 2.16. The van der Waals surface area contributed by atoms with E-state index < -0.39 is 0 Å². The Morgan fingerprint density at radius 2 is 1.80 bits per heavy atom. The van der Waals surface area contributed by atoms with Crippen molar-refractivity contribution >= 4 is 17.7 Å². The second-order valence-corrected chi connectivity index (χ2v) is 7.73. The van der Waals surface area contributed by atoms with Gasteiger partial charge in [0.25, 0.3) is 0 Å². The number of benzene rings is 1. The molecule has 0 atom stereocenters. The number of aromatic nitrogens is 2. The molecule has 1 fully saturated rings. The number of rotatable bonds is 4. The largest absolute Gasteiger partial charge is 0.342 e. The Hall–Kier alpha value is -1.75. The molecule has 25 heavy (non-hydrogen) atoms. The highest BCUT2D eigenvalue weighted by Crippen LogP contribution is 2.23. The first kappa shape index (κ1) is 18.1. The molecule has 0 N–H and O–H groups in total. The number of nitrogens with zero attached hydrogens (tertiary/aromatic N) is 3. The van der Waals surface area contributed by atoms with Crippen molar-refractivity contribution in [1.29, 1.82) is 0 Å². The molecule has 1 aromatic heterocycles. The van der Waals surface area contributed by atoms with E-state index in [4.69, 9.17) is 0 Å². The van der Waals surface area contributed by atoms with Gasteiger partial charge in [0.15, 0.2) is 5.16 Å². The van der Waals surface area contributed by atoms with Gasteiger partial charge in [-0.2, -0.15) is 0 Å². The number of amides is 1. The molecule has 134 valence electrons. The Balaban J connectivity index is 1.64. The van der Waals surface area contributed by atoms with Crippen LogP contribution in [0, 0.1) is 13.8 Å². The highest BCUT2D eigenvalue weighted by molar-refractivity contribution is 7.99. The van der Waals surface area contributed by atoms with Crippen LogP contribution < -0.4 is 0 Å². The van der Waals surface area contributed by atoms with Crippen LogP contribution in [0.3, 0.4) is 0 Å². The molecule has 1 aliphatic rings. The van der Waals surface area contributed by atoms with Gasteiger partial charge in [-0.15, -0.1) is 0 Å². The summed E-state index contributed by atoms with van der Waals surface area (Å²) in [6.07, 6.45) is 9.83. The summed E-state index contributed by atoms with van der Waals surface area (Å²) in [5, 5.41) is 0.878. The van der Waals surface area contributed by atoms with Crippen molar-refractivity contribution in [2.75, 3.05) is 18.8 Å². The van der Waals surface area contributed by atoms with Crippen LogP contribution in [-0.2, 0) is 4.79 Å². The summed E-state index contributed by atoms with van der Waals surface area (Å²) in [5.41, 5.74) is 3.64. The molecule has 4 nitrogen and oxygen atoms in total. The molecule has 0 unspecified atom stereocenters. The van der Waals surface area contributed by atoms with E-state index in [0.29, 0.717) is 5.75 Å². The van der Waals surface area contributed by atoms with Gasteiger partial charge >= 0.3 is 0 Å². The van der Waals surface area contributed by atoms with Gasteiger partial charge in [0.05, 0.1) is 5.75 Å². The molecule has 0 aliphatic carbocycles. The summed E-state index contributed by atoms with van der Waals surface area (Å²) in [6.45, 7) is 6.05. The molecule has 1 aromatic carbocycles. The van der Waals surface area contributed by atoms with Gasteiger partial charge in [0.2, 0.25) is 5.91 Å². The Kier molecular flexibility index (Phi) is 6.19. The standard InChI is InChI=1S/C20H27N3OS/c1-16-8-9-18(14-17(16)2)23-13-10-21-20(23)25-15-19(24)22-11-6-4-3-5-7-12-22/h8-10,13-14H,3-7,11-12,15H2,1-2H3. The third-order valence-corrected chi connectivity index (χ3v) is 5.86. The molecule has 5 heteroatoms. The van der Waals surface area contributed by atoms with Crippen molar-refractivity contribution < 1.29 is 4.79 Å². The van der Waals surface area contributed by atoms with Crippen LogP contribution in [0.15, 0.2) is 35.7 Å². The summed E-state index contributed by atoms with van der Waals surface area (Å²) < 4.78 is 2.07. The Morgan fingerprint density at radius 1 is 1.08 bits per heavy atom. The second-order valence-electron chi connectivity index (χ2n) is 6.79. The minimum Gasteiger partial charge on any atom is -0.342 e. The van der Waals surface area contributed by atoms with Crippen LogP contribution >= 0.6 is 11.8 Å². The lowest BCUT2D eigenvalue weighted by Gasteiger charge is -2.24. The second kappa shape index (κ2) is 8.56. The lowest BCUT2D eigenvalue weighted by molar-refractivity contribution is -0.128. The first-order chi connectivity index (χ1) is 12.1. The van der Waals surface area contributed by atoms with Gasteiger partial charge in [0, 0.05) is 31.2 Å². The normalized spacial score (nSPS) is 15.7. The minimum atomic E-state index is 0.238. The number of thioether (sulfide) groups is 1. The maximum Gasteiger partial charge on any atom is 0.233 e. The molecule has 1 aliphatic heterocycles. The molecule has 0 spiro atoms. The Morgan fingerprint density at radius 3 is 2.52 bits per heavy atom. The molecular formula is C20H27N3OS. The molecule has 1 amide bonds. The summed E-state index contributed by atoms with van der Waals surface area (Å²) in [4.78, 5) is 19.1. The molecule has 0 saturated carbocycles. The number of carbonyl (C=O) groups is 1. The van der Waals surface area contributed by atoms with Gasteiger partial charge in [-0.1, -0.05) is 37.1 Å². The number of hydrogen-bond donors (Lipinski definition) is 0. The quantitative estimate of drug-likeness (QED) is 0.763. The monoisotopic (exact) mass is 357 g/mol. The van der Waals surface area contributed by atoms with E-state index >= 15 is 0 Å². The molecule has 0 radical (unpaired) electrons. The smallest absolute Gasteiger partial charge is 0.233 e. The number of likely N-dealkylation sites (tertiary alicyclic amines) is 1. The van der Waals surface area contributed by atoms with E-state index in [2.05, 4.69) is 41.6 Å². The first-order valence-electron chi connectivity index (χ1n) is 9.17. The van der Waals surface area contributed by atoms with Crippen molar-refractivity contribution in [2.24, 2.45) is 0 Å². The number of aryl methyl sites for hydroxylation is 2. The van der Waals surface area contributed by atoms with Crippen LogP contribution in [0.2, 0.25) is 0 Å². The Bertz CT molecular complexity index is 717. The molecule has 2 heterocycles. The predicted octanol–water partition coefficient (Wildman–Crippen LogP) is 4.37. The molecule has 2 aromatic rings. The summed E-state index contributed by atoms with van der Waals surface area (Å²) in [6, 6.07) is 6.40. The third kappa shape index (κ3) is 4.66. The maximum absolute atomic E-state index is 12.6. The van der Waals surface area contributed by atoms with Crippen molar-refractivity contribution in [3.05, 3.63) is 41.7 Å². The molecule has 1 saturated heterocycles. The molecular weight excluding hydrogens is 330 g/mol. The van der Waals surface area contributed by atoms with E-state index in [9.17, 15) is 4.79 Å². The topological polar surface area (TPSA) is 38.1 Å². The first-order valence-corrected chi connectivity index (χ1v) is 10.2. The van der Waals surface area contributed by atoms with Crippen LogP contribution in [-0.4, -0.2) is 39.2 Å². The van der Waals surface area contributed by atoms with Gasteiger partial charge in [-0.3, -0.25) is 9.36 Å². The lowest BCUT2D eigenvalue weighted by atomic mass is 10.1. The van der Waals surface area contributed by atoms with Gasteiger partial charge < -0.3 is 4.90 Å². The van der Waals surface area contributed by atoms with Crippen LogP contribution in [0.25, 0.3) is 5.69 Å². The van der Waals surface area contributed by atoms with Gasteiger partial charge in [0.1, 0.15) is 0 Å².